The second-order valence-electron chi connectivity index (χ2n) is 4.15. The molecule has 2 nitrogen and oxygen atoms in total. The van der Waals surface area contributed by atoms with E-state index >= 15 is 0 Å². The molecule has 0 saturated heterocycles. The molecule has 0 spiro atoms. The molecule has 0 radical (unpaired) electrons. The minimum Gasteiger partial charge on any atom is -0.485 e. The second kappa shape index (κ2) is 6.17. The number of thiocarbonyl (C=S) groups is 1. The van der Waals surface area contributed by atoms with Gasteiger partial charge in [0, 0.05) is 4.47 Å². The van der Waals surface area contributed by atoms with Crippen LogP contribution in [0.15, 0.2) is 53.0 Å². The van der Waals surface area contributed by atoms with Crippen LogP contribution in [0, 0.1) is 0 Å². The van der Waals surface area contributed by atoms with E-state index in [0.29, 0.717) is 10.7 Å². The van der Waals surface area contributed by atoms with E-state index in [2.05, 4.69) is 15.9 Å². The molecule has 4 heteroatoms. The van der Waals surface area contributed by atoms with Crippen molar-refractivity contribution in [3.05, 3.63) is 64.1 Å². The van der Waals surface area contributed by atoms with E-state index in [1.165, 1.54) is 0 Å². The Hall–Kier alpha value is -1.39. The Morgan fingerprint density at radius 2 is 1.84 bits per heavy atom. The average Bonchev–Trinajstić information content (AvgIpc) is 2.39. The van der Waals surface area contributed by atoms with Crippen molar-refractivity contribution in [2.45, 2.75) is 13.0 Å². The molecule has 0 bridgehead atoms. The van der Waals surface area contributed by atoms with Crippen molar-refractivity contribution in [1.82, 2.24) is 0 Å². The van der Waals surface area contributed by atoms with Crippen LogP contribution in [0.1, 0.15) is 24.2 Å². The molecule has 2 rings (SSSR count). The SMILES string of the molecule is CC(Oc1cccc(Br)c1C(N)=S)c1ccccc1. The lowest BCUT2D eigenvalue weighted by Crippen LogP contribution is -2.14. The molecule has 2 aromatic rings. The second-order valence-corrected chi connectivity index (χ2v) is 5.44. The van der Waals surface area contributed by atoms with E-state index in [4.69, 9.17) is 22.7 Å². The molecule has 0 aliphatic heterocycles. The van der Waals surface area contributed by atoms with Crippen molar-refractivity contribution < 1.29 is 4.74 Å². The summed E-state index contributed by atoms with van der Waals surface area (Å²) in [4.78, 5) is 0.322. The first kappa shape index (κ1) is 14.0. The lowest BCUT2D eigenvalue weighted by molar-refractivity contribution is 0.226. The fourth-order valence-electron chi connectivity index (χ4n) is 1.82. The number of nitrogens with two attached hydrogens (primary N) is 1. The maximum atomic E-state index is 5.98. The Balaban J connectivity index is 2.29. The van der Waals surface area contributed by atoms with E-state index in [1.54, 1.807) is 0 Å². The van der Waals surface area contributed by atoms with Gasteiger partial charge in [-0.05, 0) is 40.5 Å². The average molecular weight is 336 g/mol. The van der Waals surface area contributed by atoms with Crippen molar-refractivity contribution in [3.63, 3.8) is 0 Å². The van der Waals surface area contributed by atoms with Gasteiger partial charge in [0.1, 0.15) is 16.8 Å². The molecule has 0 fully saturated rings. The highest BCUT2D eigenvalue weighted by Crippen LogP contribution is 2.30. The summed E-state index contributed by atoms with van der Waals surface area (Å²) in [6, 6.07) is 15.7. The van der Waals surface area contributed by atoms with E-state index in [0.717, 1.165) is 15.6 Å². The first-order chi connectivity index (χ1) is 9.09. The van der Waals surface area contributed by atoms with Gasteiger partial charge in [-0.25, -0.2) is 0 Å². The fraction of sp³-hybridized carbons (Fsp3) is 0.133. The third kappa shape index (κ3) is 3.33. The summed E-state index contributed by atoms with van der Waals surface area (Å²) in [6.45, 7) is 2.00. The van der Waals surface area contributed by atoms with Gasteiger partial charge in [-0.15, -0.1) is 0 Å². The highest BCUT2D eigenvalue weighted by Gasteiger charge is 2.14. The zero-order chi connectivity index (χ0) is 13.8. The monoisotopic (exact) mass is 335 g/mol. The van der Waals surface area contributed by atoms with Crippen LogP contribution in [0.3, 0.4) is 0 Å². The van der Waals surface area contributed by atoms with Gasteiger partial charge >= 0.3 is 0 Å². The summed E-state index contributed by atoms with van der Waals surface area (Å²) in [5.41, 5.74) is 7.60. The molecule has 2 N–H and O–H groups in total. The first-order valence-electron chi connectivity index (χ1n) is 5.89. The van der Waals surface area contributed by atoms with Gasteiger partial charge in [-0.1, -0.05) is 48.6 Å². The Morgan fingerprint density at radius 1 is 1.16 bits per heavy atom. The molecule has 2 aromatic carbocycles. The van der Waals surface area contributed by atoms with Crippen molar-refractivity contribution in [2.24, 2.45) is 5.73 Å². The number of benzene rings is 2. The van der Waals surface area contributed by atoms with Crippen LogP contribution in [-0.4, -0.2) is 4.99 Å². The van der Waals surface area contributed by atoms with E-state index in [-0.39, 0.29) is 6.10 Å². The molecule has 1 unspecified atom stereocenters. The zero-order valence-corrected chi connectivity index (χ0v) is 12.9. The third-order valence-electron chi connectivity index (χ3n) is 2.79. The van der Waals surface area contributed by atoms with Gasteiger partial charge in [0.25, 0.3) is 0 Å². The highest BCUT2D eigenvalue weighted by molar-refractivity contribution is 9.10. The van der Waals surface area contributed by atoms with Gasteiger partial charge in [-0.3, -0.25) is 0 Å². The standard InChI is InChI=1S/C15H14BrNOS/c1-10(11-6-3-2-4-7-11)18-13-9-5-8-12(16)14(13)15(17)19/h2-10H,1H3,(H2,17,19). The summed E-state index contributed by atoms with van der Waals surface area (Å²) < 4.78 is 6.82. The molecular weight excluding hydrogens is 322 g/mol. The normalized spacial score (nSPS) is 11.9. The third-order valence-corrected chi connectivity index (χ3v) is 3.66. The molecule has 0 saturated carbocycles. The molecule has 0 amide bonds. The Morgan fingerprint density at radius 3 is 2.47 bits per heavy atom. The van der Waals surface area contributed by atoms with Gasteiger partial charge < -0.3 is 10.5 Å². The molecule has 0 aliphatic carbocycles. The minimum absolute atomic E-state index is 0.0661. The van der Waals surface area contributed by atoms with Gasteiger partial charge in [0.15, 0.2) is 0 Å². The minimum atomic E-state index is -0.0661. The fourth-order valence-corrected chi connectivity index (χ4v) is 2.73. The van der Waals surface area contributed by atoms with Gasteiger partial charge in [-0.2, -0.15) is 0 Å². The van der Waals surface area contributed by atoms with Crippen LogP contribution >= 0.6 is 28.1 Å². The molecule has 98 valence electrons. The van der Waals surface area contributed by atoms with Gasteiger partial charge in [0.05, 0.1) is 5.56 Å². The lowest BCUT2D eigenvalue weighted by Gasteiger charge is -2.18. The maximum absolute atomic E-state index is 5.98. The topological polar surface area (TPSA) is 35.2 Å². The smallest absolute Gasteiger partial charge is 0.131 e. The summed E-state index contributed by atoms with van der Waals surface area (Å²) in [7, 11) is 0. The van der Waals surface area contributed by atoms with Crippen LogP contribution in [0.4, 0.5) is 0 Å². The number of ether oxygens (including phenoxy) is 1. The zero-order valence-electron chi connectivity index (χ0n) is 10.5. The first-order valence-corrected chi connectivity index (χ1v) is 7.09. The molecule has 0 heterocycles. The molecule has 19 heavy (non-hydrogen) atoms. The predicted molar refractivity (Wildman–Crippen MR) is 85.5 cm³/mol. The summed E-state index contributed by atoms with van der Waals surface area (Å²) in [6.07, 6.45) is -0.0661. The van der Waals surface area contributed by atoms with Crippen molar-refractivity contribution in [1.29, 1.82) is 0 Å². The Labute approximate surface area is 126 Å². The molecular formula is C15H14BrNOS. The quantitative estimate of drug-likeness (QED) is 0.849. The Bertz CT molecular complexity index is 586. The van der Waals surface area contributed by atoms with Crippen LogP contribution in [-0.2, 0) is 0 Å². The van der Waals surface area contributed by atoms with Crippen LogP contribution in [0.2, 0.25) is 0 Å². The molecule has 0 aliphatic rings. The largest absolute Gasteiger partial charge is 0.485 e. The Kier molecular flexibility index (Phi) is 4.56. The number of hydrogen-bond donors (Lipinski definition) is 1. The molecule has 1 atom stereocenters. The van der Waals surface area contributed by atoms with Crippen LogP contribution in [0.25, 0.3) is 0 Å². The summed E-state index contributed by atoms with van der Waals surface area (Å²) in [5.74, 6) is 0.693. The highest BCUT2D eigenvalue weighted by atomic mass is 79.9. The van der Waals surface area contributed by atoms with Crippen LogP contribution < -0.4 is 10.5 Å². The lowest BCUT2D eigenvalue weighted by atomic mass is 10.1. The summed E-state index contributed by atoms with van der Waals surface area (Å²) in [5, 5.41) is 0. The molecule has 0 aromatic heterocycles. The maximum Gasteiger partial charge on any atom is 0.131 e. The van der Waals surface area contributed by atoms with E-state index in [1.807, 2.05) is 55.5 Å². The predicted octanol–water partition coefficient (Wildman–Crippen LogP) is 4.22. The van der Waals surface area contributed by atoms with Crippen molar-refractivity contribution >= 4 is 33.1 Å². The number of rotatable bonds is 4. The van der Waals surface area contributed by atoms with E-state index in [9.17, 15) is 0 Å². The number of hydrogen-bond acceptors (Lipinski definition) is 2. The van der Waals surface area contributed by atoms with Crippen LogP contribution in [0.5, 0.6) is 5.75 Å². The summed E-state index contributed by atoms with van der Waals surface area (Å²) >= 11 is 8.52. The number of halogens is 1. The van der Waals surface area contributed by atoms with E-state index < -0.39 is 0 Å². The van der Waals surface area contributed by atoms with Gasteiger partial charge in [0.2, 0.25) is 0 Å². The van der Waals surface area contributed by atoms with Crippen molar-refractivity contribution in [3.8, 4) is 5.75 Å². The van der Waals surface area contributed by atoms with Crippen molar-refractivity contribution in [2.75, 3.05) is 0 Å².